The summed E-state index contributed by atoms with van der Waals surface area (Å²) in [6, 6.07) is 0. The van der Waals surface area contributed by atoms with Gasteiger partial charge in [0, 0.05) is 0 Å². The SMILES string of the molecule is [Na+].[O-][N+](=NO)N1CCCCCCC1. The van der Waals surface area contributed by atoms with E-state index in [1.807, 2.05) is 0 Å². The van der Waals surface area contributed by atoms with Crippen molar-refractivity contribution in [2.24, 2.45) is 5.28 Å². The molecule has 0 amide bonds. The maximum atomic E-state index is 10.9. The van der Waals surface area contributed by atoms with Gasteiger partial charge in [0.2, 0.25) is 5.28 Å². The van der Waals surface area contributed by atoms with Crippen LogP contribution in [0.25, 0.3) is 0 Å². The largest absolute Gasteiger partial charge is 1.00 e. The van der Waals surface area contributed by atoms with Crippen molar-refractivity contribution in [2.75, 3.05) is 13.1 Å². The molecule has 6 heteroatoms. The number of hydrogen-bond acceptors (Lipinski definition) is 2. The van der Waals surface area contributed by atoms with E-state index in [0.29, 0.717) is 13.1 Å². The molecule has 1 aliphatic heterocycles. The summed E-state index contributed by atoms with van der Waals surface area (Å²) in [5, 5.41) is 23.2. The second kappa shape index (κ2) is 7.41. The topological polar surface area (TPSA) is 61.9 Å². The molecule has 70 valence electrons. The van der Waals surface area contributed by atoms with Crippen LogP contribution in [0.5, 0.6) is 0 Å². The standard InChI is InChI=1S/C7H15N3O2.Na/c11-8-10(12)9-6-4-2-1-3-5-7-9;/h11H,1-7H2;/q;+1. The Labute approximate surface area is 100 Å². The first-order valence-corrected chi connectivity index (χ1v) is 4.42. The van der Waals surface area contributed by atoms with E-state index in [1.165, 1.54) is 11.4 Å². The molecule has 0 spiro atoms. The van der Waals surface area contributed by atoms with Gasteiger partial charge in [-0.2, -0.15) is 0 Å². The molecular weight excluding hydrogens is 181 g/mol. The molecule has 1 fully saturated rings. The zero-order valence-electron chi connectivity index (χ0n) is 8.15. The predicted octanol–water partition coefficient (Wildman–Crippen LogP) is -1.48. The van der Waals surface area contributed by atoms with E-state index in [-0.39, 0.29) is 34.5 Å². The fraction of sp³-hybridized carbons (Fsp3) is 1.00. The summed E-state index contributed by atoms with van der Waals surface area (Å²) in [7, 11) is 0. The van der Waals surface area contributed by atoms with Crippen LogP contribution in [0.2, 0.25) is 0 Å². The smallest absolute Gasteiger partial charge is 0.569 e. The molecular formula is C7H15N3NaO2+. The molecule has 1 saturated heterocycles. The Balaban J connectivity index is 0.00000144. The molecule has 1 N–H and O–H groups in total. The quantitative estimate of drug-likeness (QED) is 0.241. The minimum Gasteiger partial charge on any atom is -0.569 e. The third-order valence-electron chi connectivity index (χ3n) is 2.15. The van der Waals surface area contributed by atoms with Gasteiger partial charge in [-0.3, -0.25) is 0 Å². The monoisotopic (exact) mass is 196 g/mol. The number of hydrogen-bond donors (Lipinski definition) is 1. The third-order valence-corrected chi connectivity index (χ3v) is 2.15. The zero-order chi connectivity index (χ0) is 8.81. The van der Waals surface area contributed by atoms with E-state index in [0.717, 1.165) is 25.7 Å². The number of hydrazine groups is 1. The van der Waals surface area contributed by atoms with Crippen LogP contribution in [-0.4, -0.2) is 28.3 Å². The van der Waals surface area contributed by atoms with Gasteiger partial charge in [0.05, 0.1) is 18.1 Å². The van der Waals surface area contributed by atoms with Crippen LogP contribution in [0, 0.1) is 5.21 Å². The summed E-state index contributed by atoms with van der Waals surface area (Å²) in [4.78, 5) is 0.283. The molecule has 0 bridgehead atoms. The van der Waals surface area contributed by atoms with E-state index in [2.05, 4.69) is 5.28 Å². The van der Waals surface area contributed by atoms with Crippen molar-refractivity contribution >= 4 is 0 Å². The average molecular weight is 196 g/mol. The Kier molecular flexibility index (Phi) is 7.41. The van der Waals surface area contributed by atoms with E-state index in [4.69, 9.17) is 5.21 Å². The molecule has 0 saturated carbocycles. The summed E-state index contributed by atoms with van der Waals surface area (Å²) in [6.45, 7) is 1.40. The normalized spacial score (nSPS) is 20.0. The Morgan fingerprint density at radius 2 is 1.54 bits per heavy atom. The Hall–Kier alpha value is 0.0000000000000000555. The van der Waals surface area contributed by atoms with Crippen LogP contribution in [0.15, 0.2) is 5.28 Å². The molecule has 0 aliphatic carbocycles. The third kappa shape index (κ3) is 4.69. The maximum absolute atomic E-state index is 10.9. The second-order valence-corrected chi connectivity index (χ2v) is 3.06. The molecule has 5 nitrogen and oxygen atoms in total. The van der Waals surface area contributed by atoms with Gasteiger partial charge in [0.15, 0.2) is 0 Å². The summed E-state index contributed by atoms with van der Waals surface area (Å²) in [6.07, 6.45) is 5.59. The first kappa shape index (κ1) is 13.0. The number of rotatable bonds is 1. The van der Waals surface area contributed by atoms with Crippen molar-refractivity contribution in [3.05, 3.63) is 5.21 Å². The zero-order valence-corrected chi connectivity index (χ0v) is 10.1. The van der Waals surface area contributed by atoms with Gasteiger partial charge in [-0.1, -0.05) is 19.3 Å². The van der Waals surface area contributed by atoms with Gasteiger partial charge in [-0.25, -0.2) is 0 Å². The van der Waals surface area contributed by atoms with Crippen molar-refractivity contribution < 1.29 is 39.7 Å². The van der Waals surface area contributed by atoms with Crippen LogP contribution in [0.1, 0.15) is 32.1 Å². The molecule has 0 aromatic heterocycles. The van der Waals surface area contributed by atoms with E-state index >= 15 is 0 Å². The van der Waals surface area contributed by atoms with Crippen LogP contribution >= 0.6 is 0 Å². The molecule has 1 rings (SSSR count). The summed E-state index contributed by atoms with van der Waals surface area (Å²) >= 11 is 0. The minimum atomic E-state index is 0. The second-order valence-electron chi connectivity index (χ2n) is 3.06. The van der Waals surface area contributed by atoms with Crippen molar-refractivity contribution in [3.63, 3.8) is 0 Å². The fourth-order valence-electron chi connectivity index (χ4n) is 1.46. The Morgan fingerprint density at radius 3 is 2.00 bits per heavy atom. The summed E-state index contributed by atoms with van der Waals surface area (Å²) in [5.74, 6) is 0. The maximum Gasteiger partial charge on any atom is 1.00 e. The van der Waals surface area contributed by atoms with Crippen LogP contribution in [0.4, 0.5) is 0 Å². The van der Waals surface area contributed by atoms with Gasteiger partial charge in [0.25, 0.3) is 0 Å². The first-order valence-electron chi connectivity index (χ1n) is 4.42. The summed E-state index contributed by atoms with van der Waals surface area (Å²) in [5.41, 5.74) is 0. The van der Waals surface area contributed by atoms with Crippen LogP contribution in [-0.2, 0) is 0 Å². The fourth-order valence-corrected chi connectivity index (χ4v) is 1.46. The summed E-state index contributed by atoms with van der Waals surface area (Å²) < 4.78 is 0. The van der Waals surface area contributed by atoms with Gasteiger partial charge in [-0.05, 0) is 12.8 Å². The first-order chi connectivity index (χ1) is 5.84. The van der Waals surface area contributed by atoms with Crippen LogP contribution < -0.4 is 29.6 Å². The van der Waals surface area contributed by atoms with Crippen LogP contribution in [0.3, 0.4) is 0 Å². The van der Waals surface area contributed by atoms with Crippen molar-refractivity contribution in [3.8, 4) is 0 Å². The van der Waals surface area contributed by atoms with E-state index in [1.54, 1.807) is 0 Å². The molecule has 0 unspecified atom stereocenters. The van der Waals surface area contributed by atoms with Crippen molar-refractivity contribution in [1.29, 1.82) is 0 Å². The van der Waals surface area contributed by atoms with Gasteiger partial charge in [0.1, 0.15) is 0 Å². The Bertz CT molecular complexity index is 158. The Morgan fingerprint density at radius 1 is 1.08 bits per heavy atom. The van der Waals surface area contributed by atoms with E-state index < -0.39 is 0 Å². The molecule has 1 aliphatic rings. The van der Waals surface area contributed by atoms with Crippen molar-refractivity contribution in [1.82, 2.24) is 5.01 Å². The molecule has 0 aromatic carbocycles. The van der Waals surface area contributed by atoms with Crippen molar-refractivity contribution in [2.45, 2.75) is 32.1 Å². The molecule has 0 aromatic rings. The van der Waals surface area contributed by atoms with E-state index in [9.17, 15) is 5.21 Å². The molecule has 1 heterocycles. The molecule has 13 heavy (non-hydrogen) atoms. The molecule has 0 atom stereocenters. The minimum absolute atomic E-state index is 0. The van der Waals surface area contributed by atoms with Gasteiger partial charge >= 0.3 is 29.6 Å². The average Bonchev–Trinajstić information content (AvgIpc) is 2.02. The van der Waals surface area contributed by atoms with Gasteiger partial charge in [-0.15, -0.1) is 5.01 Å². The number of nitrogens with zero attached hydrogens (tertiary/aromatic N) is 3. The molecule has 0 radical (unpaired) electrons. The van der Waals surface area contributed by atoms with Gasteiger partial charge < -0.3 is 10.4 Å². The predicted molar refractivity (Wildman–Crippen MR) is 42.5 cm³/mol.